The van der Waals surface area contributed by atoms with Gasteiger partial charge >= 0.3 is 5.97 Å². The first-order valence-corrected chi connectivity index (χ1v) is 13.6. The van der Waals surface area contributed by atoms with Gasteiger partial charge in [0, 0.05) is 11.0 Å². The van der Waals surface area contributed by atoms with Gasteiger partial charge in [-0.15, -0.1) is 0 Å². The molecule has 0 aliphatic heterocycles. The largest absolute Gasteiger partial charge is 0.478 e. The highest BCUT2D eigenvalue weighted by Gasteiger charge is 2.61. The minimum absolute atomic E-state index is 0.00666. The molecule has 1 saturated carbocycles. The van der Waals surface area contributed by atoms with Gasteiger partial charge in [-0.1, -0.05) is 57.4 Å². The molecule has 0 aromatic heterocycles. The standard InChI is InChI=1S/C30H46O5/c1-17(27(34)35)15-24(31)26(33)18(2)21-12-14-30(6)23-9-8-22-19(7-10-25(32)28(22,3)4)16-20(23)11-13-29(21,30)5/h11,15,18,21,23-26,31-33H,7-10,12-14,16H2,1-6H3,(H,34,35)/b17-15+/t18-,21+,23+,24+,25-,26+,29+,30-/m0/s1. The molecule has 4 aliphatic carbocycles. The van der Waals surface area contributed by atoms with Crippen LogP contribution in [0.1, 0.15) is 92.9 Å². The molecule has 0 amide bonds. The summed E-state index contributed by atoms with van der Waals surface area (Å²) in [6, 6.07) is 0. The summed E-state index contributed by atoms with van der Waals surface area (Å²) in [5.74, 6) is -0.476. The number of allylic oxidation sites excluding steroid dienone is 3. The number of fused-ring (bicyclic) bond motifs is 3. The molecule has 5 nitrogen and oxygen atoms in total. The smallest absolute Gasteiger partial charge is 0.331 e. The van der Waals surface area contributed by atoms with Crippen LogP contribution in [0.15, 0.2) is 34.4 Å². The molecule has 35 heavy (non-hydrogen) atoms. The Morgan fingerprint density at radius 3 is 2.43 bits per heavy atom. The zero-order valence-corrected chi connectivity index (χ0v) is 22.5. The monoisotopic (exact) mass is 486 g/mol. The van der Waals surface area contributed by atoms with E-state index in [0.717, 1.165) is 51.4 Å². The normalized spacial score (nSPS) is 39.5. The second kappa shape index (κ2) is 9.15. The summed E-state index contributed by atoms with van der Waals surface area (Å²) in [4.78, 5) is 11.2. The molecule has 0 spiro atoms. The van der Waals surface area contributed by atoms with Crippen molar-refractivity contribution in [2.75, 3.05) is 0 Å². The van der Waals surface area contributed by atoms with E-state index in [1.54, 1.807) is 11.1 Å². The first kappa shape index (κ1) is 26.6. The van der Waals surface area contributed by atoms with Crippen molar-refractivity contribution < 1.29 is 25.2 Å². The number of hydrogen-bond acceptors (Lipinski definition) is 4. The average molecular weight is 487 g/mol. The van der Waals surface area contributed by atoms with Crippen LogP contribution in [0.5, 0.6) is 0 Å². The lowest BCUT2D eigenvalue weighted by Gasteiger charge is -2.54. The maximum Gasteiger partial charge on any atom is 0.331 e. The van der Waals surface area contributed by atoms with Crippen molar-refractivity contribution in [3.63, 3.8) is 0 Å². The fourth-order valence-corrected chi connectivity index (χ4v) is 8.56. The van der Waals surface area contributed by atoms with Crippen molar-refractivity contribution in [2.45, 2.75) is 111 Å². The molecule has 5 heteroatoms. The van der Waals surface area contributed by atoms with Crippen LogP contribution >= 0.6 is 0 Å². The molecule has 196 valence electrons. The highest BCUT2D eigenvalue weighted by atomic mass is 16.4. The van der Waals surface area contributed by atoms with Gasteiger partial charge in [0.2, 0.25) is 0 Å². The maximum absolute atomic E-state index is 11.2. The lowest BCUT2D eigenvalue weighted by Crippen LogP contribution is -2.48. The SMILES string of the molecule is C/C(=C\[C@@H](O)[C@H](O)[C@@H](C)[C@H]1CC[C@@]2(C)[C@@H]3CCC4=C(CC[C@H](O)C4(C)C)CC3=CC[C@]12C)C(=O)O. The minimum Gasteiger partial charge on any atom is -0.478 e. The molecule has 4 rings (SSSR count). The summed E-state index contributed by atoms with van der Waals surface area (Å²) >= 11 is 0. The molecule has 0 heterocycles. The Hall–Kier alpha value is -1.43. The molecule has 4 N–H and O–H groups in total. The van der Waals surface area contributed by atoms with Crippen molar-refractivity contribution in [2.24, 2.45) is 34.0 Å². The predicted octanol–water partition coefficient (Wildman–Crippen LogP) is 5.41. The number of aliphatic hydroxyl groups is 3. The Kier molecular flexibility index (Phi) is 6.96. The van der Waals surface area contributed by atoms with Gasteiger partial charge in [-0.3, -0.25) is 0 Å². The van der Waals surface area contributed by atoms with Crippen LogP contribution in [-0.2, 0) is 4.79 Å². The number of carboxylic acid groups (broad SMARTS) is 1. The van der Waals surface area contributed by atoms with Crippen molar-refractivity contribution in [1.82, 2.24) is 0 Å². The Morgan fingerprint density at radius 1 is 1.09 bits per heavy atom. The molecule has 0 aromatic carbocycles. The summed E-state index contributed by atoms with van der Waals surface area (Å²) in [6.45, 7) is 12.7. The third-order valence-electron chi connectivity index (χ3n) is 11.2. The van der Waals surface area contributed by atoms with E-state index >= 15 is 0 Å². The third kappa shape index (κ3) is 4.16. The van der Waals surface area contributed by atoms with Crippen LogP contribution in [0.2, 0.25) is 0 Å². The molecule has 1 fully saturated rings. The Morgan fingerprint density at radius 2 is 1.77 bits per heavy atom. The summed E-state index contributed by atoms with van der Waals surface area (Å²) in [5, 5.41) is 41.5. The number of hydrogen-bond donors (Lipinski definition) is 4. The Balaban J connectivity index is 1.59. The van der Waals surface area contributed by atoms with Crippen LogP contribution in [0.3, 0.4) is 0 Å². The minimum atomic E-state index is -1.19. The summed E-state index contributed by atoms with van der Waals surface area (Å²) in [6.07, 6.45) is 9.47. The van der Waals surface area contributed by atoms with Gasteiger partial charge in [-0.2, -0.15) is 0 Å². The van der Waals surface area contributed by atoms with E-state index < -0.39 is 18.2 Å². The Labute approximate surface area is 211 Å². The summed E-state index contributed by atoms with van der Waals surface area (Å²) < 4.78 is 0. The fraction of sp³-hybridized carbons (Fsp3) is 0.767. The van der Waals surface area contributed by atoms with Crippen LogP contribution in [0, 0.1) is 34.0 Å². The zero-order valence-electron chi connectivity index (χ0n) is 22.5. The summed E-state index contributed by atoms with van der Waals surface area (Å²) in [7, 11) is 0. The zero-order chi connectivity index (χ0) is 25.9. The van der Waals surface area contributed by atoms with Gasteiger partial charge in [0.05, 0.1) is 18.3 Å². The van der Waals surface area contributed by atoms with Gasteiger partial charge in [0.15, 0.2) is 0 Å². The number of aliphatic hydroxyl groups excluding tert-OH is 3. The van der Waals surface area contributed by atoms with Gasteiger partial charge in [0.1, 0.15) is 0 Å². The van der Waals surface area contributed by atoms with E-state index in [1.807, 2.05) is 6.92 Å². The van der Waals surface area contributed by atoms with E-state index in [-0.39, 0.29) is 39.8 Å². The maximum atomic E-state index is 11.2. The van der Waals surface area contributed by atoms with Gasteiger partial charge in [-0.25, -0.2) is 4.79 Å². The molecule has 8 atom stereocenters. The van der Waals surface area contributed by atoms with E-state index in [2.05, 4.69) is 33.8 Å². The van der Waals surface area contributed by atoms with Crippen LogP contribution in [0.25, 0.3) is 0 Å². The van der Waals surface area contributed by atoms with Crippen LogP contribution in [-0.4, -0.2) is 44.7 Å². The van der Waals surface area contributed by atoms with E-state index in [0.29, 0.717) is 5.92 Å². The van der Waals surface area contributed by atoms with Crippen molar-refractivity contribution in [3.05, 3.63) is 34.4 Å². The second-order valence-corrected chi connectivity index (χ2v) is 13.1. The molecule has 0 unspecified atom stereocenters. The lowest BCUT2D eigenvalue weighted by atomic mass is 9.50. The topological polar surface area (TPSA) is 98.0 Å². The fourth-order valence-electron chi connectivity index (χ4n) is 8.56. The molecule has 0 radical (unpaired) electrons. The molecule has 0 bridgehead atoms. The molecular weight excluding hydrogens is 440 g/mol. The average Bonchev–Trinajstić information content (AvgIpc) is 2.94. The van der Waals surface area contributed by atoms with Crippen molar-refractivity contribution in [3.8, 4) is 0 Å². The van der Waals surface area contributed by atoms with E-state index in [1.165, 1.54) is 18.6 Å². The quantitative estimate of drug-likeness (QED) is 0.308. The molecule has 0 aromatic rings. The molecule has 0 saturated heterocycles. The number of carboxylic acids is 1. The van der Waals surface area contributed by atoms with Crippen LogP contribution < -0.4 is 0 Å². The van der Waals surface area contributed by atoms with Crippen LogP contribution in [0.4, 0.5) is 0 Å². The Bertz CT molecular complexity index is 958. The van der Waals surface area contributed by atoms with Gasteiger partial charge in [-0.05, 0) is 93.0 Å². The summed E-state index contributed by atoms with van der Waals surface area (Å²) in [5.41, 5.74) is 4.65. The first-order chi connectivity index (χ1) is 16.2. The van der Waals surface area contributed by atoms with E-state index in [9.17, 15) is 20.1 Å². The first-order valence-electron chi connectivity index (χ1n) is 13.6. The highest BCUT2D eigenvalue weighted by molar-refractivity contribution is 5.85. The lowest BCUT2D eigenvalue weighted by molar-refractivity contribution is -0.132. The number of carbonyl (C=O) groups is 1. The van der Waals surface area contributed by atoms with Gasteiger partial charge < -0.3 is 20.4 Å². The third-order valence-corrected chi connectivity index (χ3v) is 11.2. The number of aliphatic carboxylic acids is 1. The molecular formula is C30H46O5. The van der Waals surface area contributed by atoms with Crippen molar-refractivity contribution in [1.29, 1.82) is 0 Å². The number of rotatable bonds is 5. The molecule has 4 aliphatic rings. The van der Waals surface area contributed by atoms with E-state index in [4.69, 9.17) is 5.11 Å². The van der Waals surface area contributed by atoms with Crippen molar-refractivity contribution >= 4 is 5.97 Å². The van der Waals surface area contributed by atoms with Gasteiger partial charge in [0.25, 0.3) is 0 Å². The predicted molar refractivity (Wildman–Crippen MR) is 138 cm³/mol. The highest BCUT2D eigenvalue weighted by Crippen LogP contribution is 2.69. The second-order valence-electron chi connectivity index (χ2n) is 13.1.